The fourth-order valence-electron chi connectivity index (χ4n) is 2.79. The average Bonchev–Trinajstić information content (AvgIpc) is 2.46. The second-order valence-electron chi connectivity index (χ2n) is 5.18. The summed E-state index contributed by atoms with van der Waals surface area (Å²) in [6.07, 6.45) is 0.257. The highest BCUT2D eigenvalue weighted by Gasteiger charge is 2.21. The molecule has 0 aliphatic carbocycles. The number of nitrogens with zero attached hydrogens (tertiary/aromatic N) is 2. The van der Waals surface area contributed by atoms with Crippen LogP contribution in [0.3, 0.4) is 0 Å². The van der Waals surface area contributed by atoms with Crippen molar-refractivity contribution in [3.63, 3.8) is 0 Å². The van der Waals surface area contributed by atoms with Crippen LogP contribution in [0.1, 0.15) is 12.8 Å². The molecular formula is C15H15ClN3O2-. The topological polar surface area (TPSA) is 68.3 Å². The first kappa shape index (κ1) is 13.9. The van der Waals surface area contributed by atoms with Crippen molar-refractivity contribution in [3.05, 3.63) is 35.5 Å². The first-order valence-electron chi connectivity index (χ1n) is 6.91. The van der Waals surface area contributed by atoms with Crippen LogP contribution in [0, 0.1) is 0 Å². The number of amides is 1. The Balaban J connectivity index is 1.84. The van der Waals surface area contributed by atoms with Gasteiger partial charge in [-0.05, 0) is 24.3 Å². The Kier molecular flexibility index (Phi) is 3.84. The molecule has 0 atom stereocenters. The molecule has 6 heteroatoms. The van der Waals surface area contributed by atoms with Gasteiger partial charge in [0.05, 0.1) is 0 Å². The minimum absolute atomic E-state index is 0.0447. The van der Waals surface area contributed by atoms with Gasteiger partial charge in [-0.15, -0.1) is 0 Å². The van der Waals surface area contributed by atoms with Crippen molar-refractivity contribution in [3.8, 4) is 0 Å². The summed E-state index contributed by atoms with van der Waals surface area (Å²) >= 11 is 6.10. The molecule has 1 amide bonds. The van der Waals surface area contributed by atoms with Crippen LogP contribution in [0.5, 0.6) is 0 Å². The fraction of sp³-hybridized carbons (Fsp3) is 0.333. The number of carbonyl (C=O) groups excluding carboxylic acids is 1. The molecule has 1 aliphatic heterocycles. The molecule has 5 nitrogen and oxygen atoms in total. The number of anilines is 1. The van der Waals surface area contributed by atoms with Gasteiger partial charge >= 0.3 is 0 Å². The molecule has 1 aliphatic rings. The standard InChI is InChI=1S/C15H16ClN3O2/c16-13-9-10-3-1-2-4-12(10)14(18-13)19-7-5-11(6-8-19)17-15(20)21/h1-4,9,11,17H,5-8H2,(H,20,21)/p-1. The van der Waals surface area contributed by atoms with Crippen LogP contribution in [0.4, 0.5) is 10.6 Å². The molecule has 1 aromatic heterocycles. The molecule has 2 heterocycles. The Morgan fingerprint density at radius 1 is 1.33 bits per heavy atom. The van der Waals surface area contributed by atoms with Gasteiger partial charge in [-0.1, -0.05) is 35.9 Å². The van der Waals surface area contributed by atoms with E-state index in [4.69, 9.17) is 11.6 Å². The molecule has 1 saturated heterocycles. The first-order valence-corrected chi connectivity index (χ1v) is 7.29. The second kappa shape index (κ2) is 5.77. The first-order chi connectivity index (χ1) is 10.1. The van der Waals surface area contributed by atoms with Gasteiger partial charge in [-0.3, -0.25) is 0 Å². The van der Waals surface area contributed by atoms with Crippen molar-refractivity contribution in [2.75, 3.05) is 18.0 Å². The SMILES string of the molecule is O=C([O-])NC1CCN(c2nc(Cl)cc3ccccc23)CC1. The van der Waals surface area contributed by atoms with E-state index in [1.165, 1.54) is 0 Å². The van der Waals surface area contributed by atoms with Crippen molar-refractivity contribution in [2.24, 2.45) is 0 Å². The summed E-state index contributed by atoms with van der Waals surface area (Å²) in [5.74, 6) is 0.866. The van der Waals surface area contributed by atoms with Crippen LogP contribution >= 0.6 is 11.6 Å². The highest BCUT2D eigenvalue weighted by atomic mass is 35.5. The van der Waals surface area contributed by atoms with Gasteiger partial charge in [0.25, 0.3) is 0 Å². The van der Waals surface area contributed by atoms with Gasteiger partial charge in [0.15, 0.2) is 0 Å². The van der Waals surface area contributed by atoms with E-state index < -0.39 is 6.09 Å². The quantitative estimate of drug-likeness (QED) is 0.859. The molecule has 1 aromatic carbocycles. The molecule has 0 unspecified atom stereocenters. The predicted octanol–water partition coefficient (Wildman–Crippen LogP) is 1.79. The van der Waals surface area contributed by atoms with Gasteiger partial charge in [-0.25, -0.2) is 4.98 Å². The molecule has 110 valence electrons. The maximum absolute atomic E-state index is 10.6. The average molecular weight is 305 g/mol. The lowest BCUT2D eigenvalue weighted by Gasteiger charge is -2.34. The summed E-state index contributed by atoms with van der Waals surface area (Å²) in [5, 5.41) is 15.6. The van der Waals surface area contributed by atoms with Gasteiger partial charge in [0.2, 0.25) is 0 Å². The molecule has 0 saturated carbocycles. The molecule has 1 fully saturated rings. The van der Waals surface area contributed by atoms with Crippen molar-refractivity contribution in [2.45, 2.75) is 18.9 Å². The number of carbonyl (C=O) groups is 1. The number of rotatable bonds is 2. The Labute approximate surface area is 127 Å². The van der Waals surface area contributed by atoms with E-state index >= 15 is 0 Å². The van der Waals surface area contributed by atoms with E-state index in [0.717, 1.165) is 42.5 Å². The molecule has 3 rings (SSSR count). The van der Waals surface area contributed by atoms with Gasteiger partial charge in [-0.2, -0.15) is 0 Å². The number of piperidine rings is 1. The number of carboxylic acid groups (broad SMARTS) is 1. The molecular weight excluding hydrogens is 290 g/mol. The lowest BCUT2D eigenvalue weighted by molar-refractivity contribution is -0.251. The molecule has 1 N–H and O–H groups in total. The number of halogens is 1. The Bertz CT molecular complexity index is 669. The summed E-state index contributed by atoms with van der Waals surface area (Å²) < 4.78 is 0. The lowest BCUT2D eigenvalue weighted by Crippen LogP contribution is -2.49. The summed E-state index contributed by atoms with van der Waals surface area (Å²) in [4.78, 5) is 17.2. The van der Waals surface area contributed by atoms with E-state index in [2.05, 4.69) is 15.2 Å². The monoisotopic (exact) mass is 304 g/mol. The normalized spacial score (nSPS) is 16.1. The third kappa shape index (κ3) is 3.03. The number of aromatic nitrogens is 1. The zero-order valence-corrected chi connectivity index (χ0v) is 12.1. The maximum Gasteiger partial charge on any atom is 0.138 e. The zero-order chi connectivity index (χ0) is 14.8. The van der Waals surface area contributed by atoms with E-state index in [0.29, 0.717) is 5.15 Å². The van der Waals surface area contributed by atoms with Crippen LogP contribution in [0.15, 0.2) is 30.3 Å². The van der Waals surface area contributed by atoms with E-state index in [1.807, 2.05) is 30.3 Å². The van der Waals surface area contributed by atoms with Crippen molar-refractivity contribution >= 4 is 34.3 Å². The Morgan fingerprint density at radius 2 is 2.05 bits per heavy atom. The third-order valence-corrected chi connectivity index (χ3v) is 4.00. The van der Waals surface area contributed by atoms with Crippen LogP contribution in [-0.4, -0.2) is 30.2 Å². The minimum atomic E-state index is -1.21. The summed E-state index contributed by atoms with van der Waals surface area (Å²) in [6.45, 7) is 1.48. The van der Waals surface area contributed by atoms with Crippen LogP contribution in [-0.2, 0) is 0 Å². The number of hydrogen-bond acceptors (Lipinski definition) is 4. The fourth-order valence-corrected chi connectivity index (χ4v) is 2.99. The molecule has 0 spiro atoms. The van der Waals surface area contributed by atoms with E-state index in [1.54, 1.807) is 0 Å². The highest BCUT2D eigenvalue weighted by Crippen LogP contribution is 2.29. The van der Waals surface area contributed by atoms with Crippen LogP contribution < -0.4 is 15.3 Å². The number of hydrogen-bond donors (Lipinski definition) is 1. The van der Waals surface area contributed by atoms with Crippen LogP contribution in [0.25, 0.3) is 10.8 Å². The van der Waals surface area contributed by atoms with Crippen molar-refractivity contribution < 1.29 is 9.90 Å². The second-order valence-corrected chi connectivity index (χ2v) is 5.57. The van der Waals surface area contributed by atoms with E-state index in [9.17, 15) is 9.90 Å². The smallest absolute Gasteiger partial charge is 0.138 e. The summed E-state index contributed by atoms with van der Waals surface area (Å²) in [6, 6.07) is 9.79. The van der Waals surface area contributed by atoms with Crippen LogP contribution in [0.2, 0.25) is 5.15 Å². The lowest BCUT2D eigenvalue weighted by atomic mass is 10.0. The van der Waals surface area contributed by atoms with Gasteiger partial charge < -0.3 is 20.1 Å². The zero-order valence-electron chi connectivity index (χ0n) is 11.4. The van der Waals surface area contributed by atoms with Crippen molar-refractivity contribution in [1.29, 1.82) is 0 Å². The Morgan fingerprint density at radius 3 is 2.76 bits per heavy atom. The van der Waals surface area contributed by atoms with E-state index in [-0.39, 0.29) is 6.04 Å². The third-order valence-electron chi connectivity index (χ3n) is 3.81. The summed E-state index contributed by atoms with van der Waals surface area (Å²) in [7, 11) is 0. The number of fused-ring (bicyclic) bond motifs is 1. The largest absolute Gasteiger partial charge is 0.530 e. The van der Waals surface area contributed by atoms with Crippen molar-refractivity contribution in [1.82, 2.24) is 10.3 Å². The molecule has 0 radical (unpaired) electrons. The molecule has 21 heavy (non-hydrogen) atoms. The van der Waals surface area contributed by atoms with Gasteiger partial charge in [0, 0.05) is 24.5 Å². The minimum Gasteiger partial charge on any atom is -0.530 e. The predicted molar refractivity (Wildman–Crippen MR) is 80.5 cm³/mol. The highest BCUT2D eigenvalue weighted by molar-refractivity contribution is 6.30. The number of pyridine rings is 1. The maximum atomic E-state index is 10.6. The molecule has 2 aromatic rings. The number of nitrogens with one attached hydrogen (secondary N) is 1. The van der Waals surface area contributed by atoms with Gasteiger partial charge in [0.1, 0.15) is 17.1 Å². The molecule has 0 bridgehead atoms. The Hall–Kier alpha value is -2.01. The number of benzene rings is 1. The summed E-state index contributed by atoms with van der Waals surface area (Å²) in [5.41, 5.74) is 0.